The van der Waals surface area contributed by atoms with Gasteiger partial charge in [0.05, 0.1) is 21.8 Å². The molecule has 1 fully saturated rings. The van der Waals surface area contributed by atoms with Gasteiger partial charge in [0.15, 0.2) is 0 Å². The molecule has 5 heteroatoms. The zero-order valence-corrected chi connectivity index (χ0v) is 14.3. The van der Waals surface area contributed by atoms with E-state index in [-0.39, 0.29) is 10.9 Å². The summed E-state index contributed by atoms with van der Waals surface area (Å²) in [5, 5.41) is 0.872. The lowest BCUT2D eigenvalue weighted by Crippen LogP contribution is -2.27. The summed E-state index contributed by atoms with van der Waals surface area (Å²) in [6.45, 7) is 1.57. The lowest BCUT2D eigenvalue weighted by atomic mass is 10.0. The summed E-state index contributed by atoms with van der Waals surface area (Å²) in [6.07, 6.45) is 2.07. The number of nitrogens with zero attached hydrogens (tertiary/aromatic N) is 2. The molecule has 2 aromatic carbocycles. The summed E-state index contributed by atoms with van der Waals surface area (Å²) in [7, 11) is 0. The van der Waals surface area contributed by atoms with Crippen molar-refractivity contribution in [2.24, 2.45) is 0 Å². The predicted octanol–water partition coefficient (Wildman–Crippen LogP) is 4.93. The van der Waals surface area contributed by atoms with E-state index in [0.29, 0.717) is 16.8 Å². The van der Waals surface area contributed by atoms with Gasteiger partial charge < -0.3 is 4.90 Å². The van der Waals surface area contributed by atoms with E-state index in [2.05, 4.69) is 4.98 Å². The average molecular weight is 355 g/mol. The van der Waals surface area contributed by atoms with Crippen molar-refractivity contribution in [1.29, 1.82) is 0 Å². The number of aromatic nitrogens is 1. The maximum Gasteiger partial charge on any atom is 0.254 e. The molecule has 1 aliphatic rings. The molecule has 1 aromatic heterocycles. The summed E-state index contributed by atoms with van der Waals surface area (Å²) < 4.78 is 13.5. The molecular weight excluding hydrogens is 339 g/mol. The molecule has 0 atom stereocenters. The molecule has 25 heavy (non-hydrogen) atoms. The molecule has 1 amide bonds. The van der Waals surface area contributed by atoms with Gasteiger partial charge in [-0.2, -0.15) is 0 Å². The SMILES string of the molecule is O=C(c1cc(-c2ccc(F)c(Cl)c2)nc2ccccc12)N1CCCC1. The van der Waals surface area contributed by atoms with E-state index in [9.17, 15) is 9.18 Å². The van der Waals surface area contributed by atoms with Gasteiger partial charge in [-0.3, -0.25) is 4.79 Å². The highest BCUT2D eigenvalue weighted by Gasteiger charge is 2.22. The van der Waals surface area contributed by atoms with Gasteiger partial charge in [-0.1, -0.05) is 29.8 Å². The van der Waals surface area contributed by atoms with E-state index >= 15 is 0 Å². The van der Waals surface area contributed by atoms with Crippen molar-refractivity contribution in [2.75, 3.05) is 13.1 Å². The second-order valence-electron chi connectivity index (χ2n) is 6.20. The zero-order valence-electron chi connectivity index (χ0n) is 13.5. The molecule has 0 unspecified atom stereocenters. The second kappa shape index (κ2) is 6.45. The van der Waals surface area contributed by atoms with E-state index in [4.69, 9.17) is 11.6 Å². The van der Waals surface area contributed by atoms with Gasteiger partial charge in [0.2, 0.25) is 0 Å². The zero-order chi connectivity index (χ0) is 17.4. The average Bonchev–Trinajstić information content (AvgIpc) is 3.17. The van der Waals surface area contributed by atoms with Gasteiger partial charge in [-0.25, -0.2) is 9.37 Å². The monoisotopic (exact) mass is 354 g/mol. The molecule has 3 aromatic rings. The summed E-state index contributed by atoms with van der Waals surface area (Å²) in [5.74, 6) is -0.454. The summed E-state index contributed by atoms with van der Waals surface area (Å²) in [5.41, 5.74) is 2.67. The first-order chi connectivity index (χ1) is 12.1. The predicted molar refractivity (Wildman–Crippen MR) is 97.3 cm³/mol. The maximum absolute atomic E-state index is 13.5. The number of para-hydroxylation sites is 1. The molecule has 2 heterocycles. The lowest BCUT2D eigenvalue weighted by Gasteiger charge is -2.17. The molecular formula is C20H16ClFN2O. The molecule has 0 N–H and O–H groups in total. The Bertz CT molecular complexity index is 967. The van der Waals surface area contributed by atoms with Gasteiger partial charge in [-0.05, 0) is 43.2 Å². The number of carbonyl (C=O) groups excluding carboxylic acids is 1. The van der Waals surface area contributed by atoms with Crippen molar-refractivity contribution in [2.45, 2.75) is 12.8 Å². The van der Waals surface area contributed by atoms with Crippen LogP contribution in [-0.4, -0.2) is 28.9 Å². The smallest absolute Gasteiger partial charge is 0.254 e. The second-order valence-corrected chi connectivity index (χ2v) is 6.61. The quantitative estimate of drug-likeness (QED) is 0.653. The van der Waals surface area contributed by atoms with Crippen LogP contribution in [0.15, 0.2) is 48.5 Å². The lowest BCUT2D eigenvalue weighted by molar-refractivity contribution is 0.0794. The molecule has 3 nitrogen and oxygen atoms in total. The Morgan fingerprint density at radius 3 is 2.60 bits per heavy atom. The number of amides is 1. The van der Waals surface area contributed by atoms with Crippen LogP contribution in [0.3, 0.4) is 0 Å². The number of halogens is 2. The fraction of sp³-hybridized carbons (Fsp3) is 0.200. The highest BCUT2D eigenvalue weighted by Crippen LogP contribution is 2.29. The maximum atomic E-state index is 13.5. The Morgan fingerprint density at radius 2 is 1.84 bits per heavy atom. The van der Waals surface area contributed by atoms with Crippen LogP contribution in [0.5, 0.6) is 0 Å². The largest absolute Gasteiger partial charge is 0.339 e. The van der Waals surface area contributed by atoms with Crippen molar-refractivity contribution in [3.63, 3.8) is 0 Å². The van der Waals surface area contributed by atoms with Crippen molar-refractivity contribution < 1.29 is 9.18 Å². The van der Waals surface area contributed by atoms with Gasteiger partial charge in [0.1, 0.15) is 5.82 Å². The van der Waals surface area contributed by atoms with E-state index in [1.54, 1.807) is 12.1 Å². The normalized spacial score (nSPS) is 14.2. The minimum Gasteiger partial charge on any atom is -0.339 e. The van der Waals surface area contributed by atoms with Crippen LogP contribution in [0.2, 0.25) is 5.02 Å². The first-order valence-corrected chi connectivity index (χ1v) is 8.66. The van der Waals surface area contributed by atoms with E-state index in [0.717, 1.165) is 36.8 Å². The van der Waals surface area contributed by atoms with Crippen LogP contribution in [0.25, 0.3) is 22.2 Å². The van der Waals surface area contributed by atoms with E-state index < -0.39 is 5.82 Å². The number of fused-ring (bicyclic) bond motifs is 1. The van der Waals surface area contributed by atoms with Crippen LogP contribution >= 0.6 is 11.6 Å². The first-order valence-electron chi connectivity index (χ1n) is 8.28. The molecule has 0 bridgehead atoms. The Balaban J connectivity index is 1.88. The van der Waals surface area contributed by atoms with Crippen LogP contribution in [0, 0.1) is 5.82 Å². The molecule has 0 spiro atoms. The van der Waals surface area contributed by atoms with Crippen LogP contribution < -0.4 is 0 Å². The summed E-state index contributed by atoms with van der Waals surface area (Å²) >= 11 is 5.91. The van der Waals surface area contributed by atoms with Crippen molar-refractivity contribution in [1.82, 2.24) is 9.88 Å². The van der Waals surface area contributed by atoms with E-state index in [1.165, 1.54) is 12.1 Å². The standard InChI is InChI=1S/C20H16ClFN2O/c21-16-11-13(7-8-17(16)22)19-12-15(20(25)24-9-3-4-10-24)14-5-1-2-6-18(14)23-19/h1-2,5-8,11-12H,3-4,9-10H2. The Labute approximate surface area is 150 Å². The first kappa shape index (κ1) is 16.0. The Hall–Kier alpha value is -2.46. The summed E-state index contributed by atoms with van der Waals surface area (Å²) in [6, 6.07) is 13.8. The minimum atomic E-state index is -0.473. The molecule has 0 radical (unpaired) electrons. The fourth-order valence-electron chi connectivity index (χ4n) is 3.25. The van der Waals surface area contributed by atoms with Crippen LogP contribution in [0.1, 0.15) is 23.2 Å². The third kappa shape index (κ3) is 2.98. The highest BCUT2D eigenvalue weighted by molar-refractivity contribution is 6.31. The van der Waals surface area contributed by atoms with Crippen LogP contribution in [0.4, 0.5) is 4.39 Å². The number of carbonyl (C=O) groups is 1. The molecule has 1 saturated heterocycles. The van der Waals surface area contributed by atoms with Gasteiger partial charge >= 0.3 is 0 Å². The minimum absolute atomic E-state index is 0.0190. The Morgan fingerprint density at radius 1 is 1.08 bits per heavy atom. The number of rotatable bonds is 2. The fourth-order valence-corrected chi connectivity index (χ4v) is 3.43. The number of likely N-dealkylation sites (tertiary alicyclic amines) is 1. The van der Waals surface area contributed by atoms with E-state index in [1.807, 2.05) is 29.2 Å². The van der Waals surface area contributed by atoms with Gasteiger partial charge in [-0.15, -0.1) is 0 Å². The Kier molecular flexibility index (Phi) is 4.14. The number of hydrogen-bond acceptors (Lipinski definition) is 2. The number of benzene rings is 2. The third-order valence-corrected chi connectivity index (χ3v) is 4.84. The molecule has 4 rings (SSSR count). The highest BCUT2D eigenvalue weighted by atomic mass is 35.5. The third-order valence-electron chi connectivity index (χ3n) is 4.56. The van der Waals surface area contributed by atoms with Gasteiger partial charge in [0.25, 0.3) is 5.91 Å². The summed E-state index contributed by atoms with van der Waals surface area (Å²) in [4.78, 5) is 19.5. The van der Waals surface area contributed by atoms with Crippen LogP contribution in [-0.2, 0) is 0 Å². The molecule has 0 aliphatic carbocycles. The molecule has 126 valence electrons. The van der Waals surface area contributed by atoms with Crippen molar-refractivity contribution >= 4 is 28.4 Å². The number of pyridine rings is 1. The molecule has 0 saturated carbocycles. The van der Waals surface area contributed by atoms with Crippen molar-refractivity contribution in [3.8, 4) is 11.3 Å². The molecule has 1 aliphatic heterocycles. The topological polar surface area (TPSA) is 33.2 Å². The number of hydrogen-bond donors (Lipinski definition) is 0. The van der Waals surface area contributed by atoms with Gasteiger partial charge in [0, 0.05) is 24.0 Å². The van der Waals surface area contributed by atoms with Crippen molar-refractivity contribution in [3.05, 3.63) is 64.9 Å².